The predicted molar refractivity (Wildman–Crippen MR) is 63.2 cm³/mol. The number of amides is 2. The molecule has 0 aliphatic heterocycles. The van der Waals surface area contributed by atoms with E-state index in [-0.39, 0.29) is 6.42 Å². The lowest BCUT2D eigenvalue weighted by Gasteiger charge is -2.06. The van der Waals surface area contributed by atoms with Crippen molar-refractivity contribution in [1.29, 1.82) is 0 Å². The molecule has 6 heteroatoms. The molecule has 0 atom stereocenters. The summed E-state index contributed by atoms with van der Waals surface area (Å²) in [4.78, 5) is 22.2. The van der Waals surface area contributed by atoms with Gasteiger partial charge in [0.25, 0.3) is 0 Å². The summed E-state index contributed by atoms with van der Waals surface area (Å²) in [5.41, 5.74) is 2.49. The number of carbonyl (C=O) groups excluding carboxylic acids is 2. The molecule has 4 N–H and O–H groups in total. The summed E-state index contributed by atoms with van der Waals surface area (Å²) >= 11 is 0. The molecule has 92 valence electrons. The zero-order valence-electron chi connectivity index (χ0n) is 9.53. The minimum absolute atomic E-state index is 0.302. The van der Waals surface area contributed by atoms with Crippen LogP contribution in [0.4, 0.5) is 5.69 Å². The number of carbonyl (C=O) groups is 2. The van der Waals surface area contributed by atoms with Gasteiger partial charge in [-0.05, 0) is 31.2 Å². The van der Waals surface area contributed by atoms with Crippen molar-refractivity contribution in [1.82, 2.24) is 5.43 Å². The first-order valence-electron chi connectivity index (χ1n) is 5.18. The van der Waals surface area contributed by atoms with Gasteiger partial charge in [0.1, 0.15) is 12.2 Å². The predicted octanol–water partition coefficient (Wildman–Crippen LogP) is 0.404. The standard InChI is InChI=1S/C11H15N3O3/c1-2-17-9-5-3-8(4-6-9)13-10(15)7-11(16)14-12/h3-6H,2,7,12H2,1H3,(H,13,15)(H,14,16). The summed E-state index contributed by atoms with van der Waals surface area (Å²) in [6, 6.07) is 6.87. The van der Waals surface area contributed by atoms with Crippen molar-refractivity contribution in [2.24, 2.45) is 5.84 Å². The largest absolute Gasteiger partial charge is 0.494 e. The van der Waals surface area contributed by atoms with E-state index in [1.165, 1.54) is 0 Å². The van der Waals surface area contributed by atoms with Gasteiger partial charge in [0.05, 0.1) is 6.61 Å². The lowest BCUT2D eigenvalue weighted by Crippen LogP contribution is -2.33. The highest BCUT2D eigenvalue weighted by molar-refractivity contribution is 6.03. The van der Waals surface area contributed by atoms with Gasteiger partial charge in [-0.25, -0.2) is 5.84 Å². The van der Waals surface area contributed by atoms with E-state index in [0.717, 1.165) is 5.75 Å². The molecule has 1 rings (SSSR count). The summed E-state index contributed by atoms with van der Waals surface area (Å²) in [6.45, 7) is 2.48. The van der Waals surface area contributed by atoms with Crippen molar-refractivity contribution in [3.63, 3.8) is 0 Å². The molecule has 0 fully saturated rings. The third kappa shape index (κ3) is 4.52. The number of benzene rings is 1. The average molecular weight is 237 g/mol. The molecule has 0 saturated carbocycles. The molecular formula is C11H15N3O3. The molecule has 0 radical (unpaired) electrons. The van der Waals surface area contributed by atoms with E-state index >= 15 is 0 Å². The Morgan fingerprint density at radius 1 is 1.24 bits per heavy atom. The fourth-order valence-electron chi connectivity index (χ4n) is 1.20. The van der Waals surface area contributed by atoms with Crippen LogP contribution in [-0.4, -0.2) is 18.4 Å². The Balaban J connectivity index is 2.51. The molecule has 0 aliphatic carbocycles. The Bertz CT molecular complexity index is 389. The zero-order valence-corrected chi connectivity index (χ0v) is 9.53. The molecule has 1 aromatic carbocycles. The lowest BCUT2D eigenvalue weighted by atomic mass is 10.3. The van der Waals surface area contributed by atoms with Crippen molar-refractivity contribution in [2.45, 2.75) is 13.3 Å². The van der Waals surface area contributed by atoms with Gasteiger partial charge in [-0.1, -0.05) is 0 Å². The van der Waals surface area contributed by atoms with E-state index in [1.54, 1.807) is 24.3 Å². The van der Waals surface area contributed by atoms with E-state index in [2.05, 4.69) is 5.32 Å². The first kappa shape index (κ1) is 13.0. The van der Waals surface area contributed by atoms with Crippen LogP contribution in [0.2, 0.25) is 0 Å². The number of nitrogens with two attached hydrogens (primary N) is 1. The molecule has 6 nitrogen and oxygen atoms in total. The van der Waals surface area contributed by atoms with E-state index in [9.17, 15) is 9.59 Å². The monoisotopic (exact) mass is 237 g/mol. The molecule has 0 spiro atoms. The molecule has 0 aromatic heterocycles. The number of anilines is 1. The molecule has 0 bridgehead atoms. The maximum absolute atomic E-state index is 11.3. The molecule has 0 heterocycles. The van der Waals surface area contributed by atoms with Crippen LogP contribution in [0.15, 0.2) is 24.3 Å². The van der Waals surface area contributed by atoms with Crippen LogP contribution in [0, 0.1) is 0 Å². The molecular weight excluding hydrogens is 222 g/mol. The van der Waals surface area contributed by atoms with Crippen LogP contribution in [0.25, 0.3) is 0 Å². The summed E-state index contributed by atoms with van der Waals surface area (Å²) < 4.78 is 5.25. The quantitative estimate of drug-likeness (QED) is 0.299. The van der Waals surface area contributed by atoms with Crippen molar-refractivity contribution >= 4 is 17.5 Å². The lowest BCUT2D eigenvalue weighted by molar-refractivity contribution is -0.126. The highest BCUT2D eigenvalue weighted by atomic mass is 16.5. The molecule has 1 aromatic rings. The molecule has 17 heavy (non-hydrogen) atoms. The number of nitrogens with one attached hydrogen (secondary N) is 2. The molecule has 2 amide bonds. The topological polar surface area (TPSA) is 93.4 Å². The normalized spacial score (nSPS) is 9.53. The third-order valence-electron chi connectivity index (χ3n) is 1.93. The number of hydrogen-bond donors (Lipinski definition) is 3. The number of ether oxygens (including phenoxy) is 1. The Hall–Kier alpha value is -2.08. The second-order valence-corrected chi connectivity index (χ2v) is 3.25. The smallest absolute Gasteiger partial charge is 0.243 e. The maximum Gasteiger partial charge on any atom is 0.243 e. The van der Waals surface area contributed by atoms with Gasteiger partial charge in [-0.15, -0.1) is 0 Å². The second kappa shape index (κ2) is 6.49. The number of hydrogen-bond acceptors (Lipinski definition) is 4. The van der Waals surface area contributed by atoms with Gasteiger partial charge in [-0.2, -0.15) is 0 Å². The van der Waals surface area contributed by atoms with Gasteiger partial charge >= 0.3 is 0 Å². The van der Waals surface area contributed by atoms with E-state index in [0.29, 0.717) is 12.3 Å². The minimum atomic E-state index is -0.534. The first-order valence-corrected chi connectivity index (χ1v) is 5.18. The van der Waals surface area contributed by atoms with Gasteiger partial charge < -0.3 is 10.1 Å². The first-order chi connectivity index (χ1) is 8.15. The van der Waals surface area contributed by atoms with Crippen LogP contribution in [0.3, 0.4) is 0 Å². The van der Waals surface area contributed by atoms with E-state index < -0.39 is 11.8 Å². The Morgan fingerprint density at radius 2 is 1.88 bits per heavy atom. The van der Waals surface area contributed by atoms with Gasteiger partial charge in [0.2, 0.25) is 11.8 Å². The van der Waals surface area contributed by atoms with Crippen LogP contribution in [-0.2, 0) is 9.59 Å². The fraction of sp³-hybridized carbons (Fsp3) is 0.273. The minimum Gasteiger partial charge on any atom is -0.494 e. The zero-order chi connectivity index (χ0) is 12.7. The number of hydrazine groups is 1. The Morgan fingerprint density at radius 3 is 2.41 bits per heavy atom. The molecule has 0 saturated heterocycles. The summed E-state index contributed by atoms with van der Waals surface area (Å²) in [6.07, 6.45) is -0.302. The van der Waals surface area contributed by atoms with Gasteiger partial charge in [0.15, 0.2) is 0 Å². The molecule has 0 aliphatic rings. The average Bonchev–Trinajstić information content (AvgIpc) is 2.31. The number of rotatable bonds is 5. The highest BCUT2D eigenvalue weighted by Gasteiger charge is 2.07. The van der Waals surface area contributed by atoms with E-state index in [4.69, 9.17) is 10.6 Å². The van der Waals surface area contributed by atoms with Crippen molar-refractivity contribution in [2.75, 3.05) is 11.9 Å². The van der Waals surface area contributed by atoms with Crippen LogP contribution >= 0.6 is 0 Å². The third-order valence-corrected chi connectivity index (χ3v) is 1.93. The van der Waals surface area contributed by atoms with Gasteiger partial charge in [0, 0.05) is 5.69 Å². The van der Waals surface area contributed by atoms with Crippen LogP contribution in [0.1, 0.15) is 13.3 Å². The van der Waals surface area contributed by atoms with Crippen LogP contribution < -0.4 is 21.3 Å². The van der Waals surface area contributed by atoms with Crippen molar-refractivity contribution < 1.29 is 14.3 Å². The second-order valence-electron chi connectivity index (χ2n) is 3.25. The summed E-state index contributed by atoms with van der Waals surface area (Å²) in [5, 5.41) is 2.57. The summed E-state index contributed by atoms with van der Waals surface area (Å²) in [5.74, 6) is 4.64. The highest BCUT2D eigenvalue weighted by Crippen LogP contribution is 2.15. The Kier molecular flexibility index (Phi) is 4.96. The van der Waals surface area contributed by atoms with Gasteiger partial charge in [-0.3, -0.25) is 15.0 Å². The SMILES string of the molecule is CCOc1ccc(NC(=O)CC(=O)NN)cc1. The maximum atomic E-state index is 11.3. The van der Waals surface area contributed by atoms with Crippen molar-refractivity contribution in [3.8, 4) is 5.75 Å². The van der Waals surface area contributed by atoms with E-state index in [1.807, 2.05) is 12.3 Å². The van der Waals surface area contributed by atoms with Crippen LogP contribution in [0.5, 0.6) is 5.75 Å². The summed E-state index contributed by atoms with van der Waals surface area (Å²) in [7, 11) is 0. The molecule has 0 unspecified atom stereocenters. The van der Waals surface area contributed by atoms with Crippen molar-refractivity contribution in [3.05, 3.63) is 24.3 Å². The Labute approximate surface area is 99.1 Å². The fourth-order valence-corrected chi connectivity index (χ4v) is 1.20.